The summed E-state index contributed by atoms with van der Waals surface area (Å²) in [5, 5.41) is 3.15. The Balaban J connectivity index is 1.08. The molecule has 49 heavy (non-hydrogen) atoms. The number of hydrogen-bond acceptors (Lipinski definition) is 9. The molecule has 4 aromatic carbocycles. The molecule has 0 amide bonds. The zero-order valence-electron chi connectivity index (χ0n) is 26.6. The lowest BCUT2D eigenvalue weighted by molar-refractivity contribution is -0.144. The highest BCUT2D eigenvalue weighted by atomic mass is 16.5. The van der Waals surface area contributed by atoms with E-state index in [1.165, 1.54) is 0 Å². The van der Waals surface area contributed by atoms with E-state index >= 15 is 0 Å². The molecule has 242 valence electrons. The van der Waals surface area contributed by atoms with Gasteiger partial charge in [-0.15, -0.1) is 0 Å². The van der Waals surface area contributed by atoms with Crippen molar-refractivity contribution in [3.05, 3.63) is 140 Å². The fourth-order valence-corrected chi connectivity index (χ4v) is 6.57. The van der Waals surface area contributed by atoms with E-state index in [1.54, 1.807) is 24.7 Å². The average Bonchev–Trinajstić information content (AvgIpc) is 3.72. The van der Waals surface area contributed by atoms with E-state index < -0.39 is 17.2 Å². The molecule has 0 aliphatic rings. The van der Waals surface area contributed by atoms with Gasteiger partial charge in [0.2, 0.25) is 0 Å². The van der Waals surface area contributed by atoms with Gasteiger partial charge in [0.1, 0.15) is 28.9 Å². The van der Waals surface area contributed by atoms with Crippen LogP contribution in [-0.2, 0) is 29.1 Å². The lowest BCUT2D eigenvalue weighted by Gasteiger charge is -2.11. The van der Waals surface area contributed by atoms with Crippen LogP contribution in [0.5, 0.6) is 0 Å². The SMILES string of the molecule is Cc1c(CN)c(=O)oc2cc3occ(-c4ccccc4COC(=O)Cc4c(C)c5cc6c(-c7ccccc7)coc6cc5oc4=O)c3cc12. The van der Waals surface area contributed by atoms with Crippen LogP contribution in [0, 0.1) is 13.8 Å². The van der Waals surface area contributed by atoms with Gasteiger partial charge in [-0.3, -0.25) is 4.79 Å². The van der Waals surface area contributed by atoms with Crippen LogP contribution in [0.3, 0.4) is 0 Å². The van der Waals surface area contributed by atoms with Gasteiger partial charge in [-0.2, -0.15) is 0 Å². The van der Waals surface area contributed by atoms with Crippen molar-refractivity contribution in [3.8, 4) is 22.3 Å². The van der Waals surface area contributed by atoms with Gasteiger partial charge in [-0.25, -0.2) is 9.59 Å². The molecule has 0 aliphatic heterocycles. The maximum absolute atomic E-state index is 13.2. The molecule has 0 atom stereocenters. The molecule has 9 nitrogen and oxygen atoms in total. The Morgan fingerprint density at radius 3 is 1.90 bits per heavy atom. The van der Waals surface area contributed by atoms with Crippen LogP contribution >= 0.6 is 0 Å². The van der Waals surface area contributed by atoms with E-state index in [-0.39, 0.29) is 25.1 Å². The van der Waals surface area contributed by atoms with E-state index in [2.05, 4.69) is 0 Å². The first-order valence-electron chi connectivity index (χ1n) is 15.7. The summed E-state index contributed by atoms with van der Waals surface area (Å²) in [7, 11) is 0. The van der Waals surface area contributed by atoms with Gasteiger partial charge in [0.05, 0.1) is 30.1 Å². The number of esters is 1. The largest absolute Gasteiger partial charge is 0.464 e. The Morgan fingerprint density at radius 2 is 1.22 bits per heavy atom. The van der Waals surface area contributed by atoms with Crippen LogP contribution in [0.4, 0.5) is 0 Å². The predicted octanol–water partition coefficient (Wildman–Crippen LogP) is 8.09. The Labute approximate surface area is 278 Å². The number of carbonyl (C=O) groups is 1. The molecule has 2 N–H and O–H groups in total. The zero-order valence-corrected chi connectivity index (χ0v) is 26.6. The fourth-order valence-electron chi connectivity index (χ4n) is 6.57. The number of fused-ring (bicyclic) bond motifs is 4. The molecule has 0 bridgehead atoms. The first kappa shape index (κ1) is 30.2. The molecular formula is C40H29NO8. The highest BCUT2D eigenvalue weighted by Crippen LogP contribution is 2.37. The Morgan fingerprint density at radius 1 is 0.653 bits per heavy atom. The van der Waals surface area contributed by atoms with Crippen molar-refractivity contribution in [2.24, 2.45) is 5.73 Å². The summed E-state index contributed by atoms with van der Waals surface area (Å²) in [6.07, 6.45) is 3.07. The summed E-state index contributed by atoms with van der Waals surface area (Å²) in [5.41, 5.74) is 13.0. The molecule has 8 rings (SSSR count). The lowest BCUT2D eigenvalue weighted by atomic mass is 9.97. The molecule has 4 heterocycles. The molecule has 0 radical (unpaired) electrons. The highest BCUT2D eigenvalue weighted by Gasteiger charge is 2.20. The first-order valence-corrected chi connectivity index (χ1v) is 15.7. The second-order valence-electron chi connectivity index (χ2n) is 12.0. The number of carbonyl (C=O) groups excluding carboxylic acids is 1. The summed E-state index contributed by atoms with van der Waals surface area (Å²) >= 11 is 0. The van der Waals surface area contributed by atoms with Crippen LogP contribution < -0.4 is 17.0 Å². The van der Waals surface area contributed by atoms with Crippen LogP contribution in [-0.4, -0.2) is 5.97 Å². The van der Waals surface area contributed by atoms with Gasteiger partial charge in [0, 0.05) is 51.3 Å². The van der Waals surface area contributed by atoms with Crippen molar-refractivity contribution in [1.82, 2.24) is 0 Å². The Kier molecular flexibility index (Phi) is 7.27. The third-order valence-electron chi connectivity index (χ3n) is 9.27. The summed E-state index contributed by atoms with van der Waals surface area (Å²) in [4.78, 5) is 38.7. The molecule has 0 saturated carbocycles. The Hall–Kier alpha value is -6.19. The lowest BCUT2D eigenvalue weighted by Crippen LogP contribution is -2.17. The van der Waals surface area contributed by atoms with E-state index in [4.69, 9.17) is 28.1 Å². The molecule has 8 aromatic rings. The first-order chi connectivity index (χ1) is 23.8. The number of ether oxygens (including phenoxy) is 1. The van der Waals surface area contributed by atoms with Crippen molar-refractivity contribution in [2.75, 3.05) is 0 Å². The number of benzene rings is 4. The standard InChI is InChI=1S/C40H29NO8/c1-21-26-12-29-32(23-8-4-3-5-9-23)19-45-34(29)15-36(26)48-39(43)28(21)14-38(42)47-18-24-10-6-7-11-25(24)33-20-46-35-16-37-27(13-30(33)35)22(2)31(17-41)40(44)49-37/h3-13,15-16,19-20H,14,17-18,41H2,1-2H3. The summed E-state index contributed by atoms with van der Waals surface area (Å²) < 4.78 is 28.6. The summed E-state index contributed by atoms with van der Waals surface area (Å²) in [5.74, 6) is -0.568. The van der Waals surface area contributed by atoms with Crippen molar-refractivity contribution in [1.29, 1.82) is 0 Å². The third kappa shape index (κ3) is 5.12. The monoisotopic (exact) mass is 651 g/mol. The van der Waals surface area contributed by atoms with Gasteiger partial charge in [0.25, 0.3) is 0 Å². The molecule has 0 spiro atoms. The van der Waals surface area contributed by atoms with Gasteiger partial charge >= 0.3 is 17.2 Å². The molecule has 0 fully saturated rings. The topological polar surface area (TPSA) is 139 Å². The minimum atomic E-state index is -0.599. The quantitative estimate of drug-likeness (QED) is 0.134. The molecule has 9 heteroatoms. The third-order valence-corrected chi connectivity index (χ3v) is 9.27. The van der Waals surface area contributed by atoms with E-state index in [9.17, 15) is 14.4 Å². The van der Waals surface area contributed by atoms with E-state index in [0.717, 1.165) is 49.5 Å². The van der Waals surface area contributed by atoms with Crippen LogP contribution in [0.15, 0.2) is 119 Å². The molecule has 0 saturated heterocycles. The van der Waals surface area contributed by atoms with E-state index in [0.29, 0.717) is 38.8 Å². The predicted molar refractivity (Wildman–Crippen MR) is 186 cm³/mol. The maximum Gasteiger partial charge on any atom is 0.341 e. The smallest absolute Gasteiger partial charge is 0.341 e. The second kappa shape index (κ2) is 11.8. The molecule has 0 aliphatic carbocycles. The number of hydrogen-bond donors (Lipinski definition) is 1. The maximum atomic E-state index is 13.2. The summed E-state index contributed by atoms with van der Waals surface area (Å²) in [6.45, 7) is 3.69. The van der Waals surface area contributed by atoms with Crippen molar-refractivity contribution in [3.63, 3.8) is 0 Å². The van der Waals surface area contributed by atoms with Crippen molar-refractivity contribution >= 4 is 49.8 Å². The number of aryl methyl sites for hydroxylation is 2. The van der Waals surface area contributed by atoms with Crippen molar-refractivity contribution < 1.29 is 27.2 Å². The minimum Gasteiger partial charge on any atom is -0.464 e. The normalized spacial score (nSPS) is 11.7. The zero-order chi connectivity index (χ0) is 33.8. The number of rotatable bonds is 7. The minimum absolute atomic E-state index is 0.0332. The van der Waals surface area contributed by atoms with Gasteiger partial charge in [-0.05, 0) is 53.8 Å². The van der Waals surface area contributed by atoms with Crippen molar-refractivity contribution in [2.45, 2.75) is 33.4 Å². The number of nitrogens with two attached hydrogens (primary N) is 1. The van der Waals surface area contributed by atoms with E-state index in [1.807, 2.05) is 80.6 Å². The van der Waals surface area contributed by atoms with Gasteiger partial charge in [0.15, 0.2) is 0 Å². The van der Waals surface area contributed by atoms with Gasteiger partial charge in [-0.1, -0.05) is 54.6 Å². The van der Waals surface area contributed by atoms with Gasteiger partial charge < -0.3 is 28.1 Å². The molecular weight excluding hydrogens is 622 g/mol. The Bertz CT molecular complexity index is 2710. The molecule has 4 aromatic heterocycles. The number of furan rings is 2. The average molecular weight is 652 g/mol. The van der Waals surface area contributed by atoms with Crippen LogP contribution in [0.2, 0.25) is 0 Å². The van der Waals surface area contributed by atoms with Crippen LogP contribution in [0.25, 0.3) is 66.1 Å². The molecule has 0 unspecified atom stereocenters. The van der Waals surface area contributed by atoms with Crippen LogP contribution in [0.1, 0.15) is 27.8 Å². The summed E-state index contributed by atoms with van der Waals surface area (Å²) in [6, 6.07) is 24.7. The second-order valence-corrected chi connectivity index (χ2v) is 12.0. The fraction of sp³-hybridized carbons (Fsp3) is 0.125. The highest BCUT2D eigenvalue weighted by molar-refractivity contribution is 6.04.